The van der Waals surface area contributed by atoms with Gasteiger partial charge in [-0.2, -0.15) is 12.7 Å². The number of hydrogen-bond donors (Lipinski definition) is 1. The van der Waals surface area contributed by atoms with E-state index in [-0.39, 0.29) is 29.8 Å². The second-order valence-electron chi connectivity index (χ2n) is 13.1. The van der Waals surface area contributed by atoms with Gasteiger partial charge in [0.15, 0.2) is 0 Å². The number of aromatic nitrogens is 1. The van der Waals surface area contributed by atoms with Crippen LogP contribution in [0.25, 0.3) is 28.2 Å². The number of amides is 3. The Morgan fingerprint density at radius 1 is 0.936 bits per heavy atom. The fourth-order valence-electron chi connectivity index (χ4n) is 7.33. The molecular formula is C35H43N5O6S. The van der Waals surface area contributed by atoms with Crippen molar-refractivity contribution >= 4 is 44.9 Å². The molecule has 3 aliphatic rings. The Balaban J connectivity index is 1.55. The first-order valence-corrected chi connectivity index (χ1v) is 17.7. The molecule has 11 nitrogen and oxygen atoms in total. The molecule has 1 saturated carbocycles. The third-order valence-electron chi connectivity index (χ3n) is 9.77. The van der Waals surface area contributed by atoms with Gasteiger partial charge in [0.05, 0.1) is 19.3 Å². The van der Waals surface area contributed by atoms with Crippen LogP contribution in [0.1, 0.15) is 72.3 Å². The normalized spacial score (nSPS) is 18.4. The van der Waals surface area contributed by atoms with Crippen LogP contribution in [-0.4, -0.2) is 92.7 Å². The number of benzene rings is 2. The molecule has 12 heteroatoms. The van der Waals surface area contributed by atoms with Gasteiger partial charge in [-0.1, -0.05) is 25.3 Å². The average molecular weight is 662 g/mol. The van der Waals surface area contributed by atoms with Crippen LogP contribution in [0.4, 0.5) is 0 Å². The molecule has 3 aromatic rings. The third kappa shape index (κ3) is 6.04. The van der Waals surface area contributed by atoms with Crippen molar-refractivity contribution in [2.45, 2.75) is 63.5 Å². The fraction of sp³-hybridized carbons (Fsp3) is 0.457. The predicted octanol–water partition coefficient (Wildman–Crippen LogP) is 4.38. The van der Waals surface area contributed by atoms with Crippen LogP contribution < -0.4 is 9.46 Å². The number of likely N-dealkylation sites (tertiary alicyclic amines) is 1. The zero-order valence-electron chi connectivity index (χ0n) is 27.7. The lowest BCUT2D eigenvalue weighted by molar-refractivity contribution is -0.140. The van der Waals surface area contributed by atoms with E-state index in [2.05, 4.69) is 9.29 Å². The smallest absolute Gasteiger partial charge is 0.303 e. The first-order valence-electron chi connectivity index (χ1n) is 16.2. The maximum atomic E-state index is 14.4. The predicted molar refractivity (Wildman–Crippen MR) is 181 cm³/mol. The summed E-state index contributed by atoms with van der Waals surface area (Å²) < 4.78 is 35.8. The molecular weight excluding hydrogens is 618 g/mol. The molecule has 0 bridgehead atoms. The Bertz CT molecular complexity index is 1890. The molecule has 0 spiro atoms. The molecule has 2 fully saturated rings. The Kier molecular flexibility index (Phi) is 8.92. The standard InChI is InChI=1S/C35H43N5O6S/c1-37(2)35(43)29-12-9-17-39(29)34(42)25-18-24-19-26(46-5)14-16-27(24)32-31(22-10-7-6-8-11-22)28-15-13-23(20-30(28)40(32)21-25)33(41)36-47(44,45)38(3)4/h13-16,18-20,22,29H,6-12,17,21H2,1-5H3,(H,36,41)/t29-/m0/s1. The highest BCUT2D eigenvalue weighted by Crippen LogP contribution is 2.47. The molecule has 6 rings (SSSR count). The molecule has 250 valence electrons. The minimum Gasteiger partial charge on any atom is -0.497 e. The molecule has 1 aliphatic carbocycles. The second-order valence-corrected chi connectivity index (χ2v) is 15.0. The zero-order valence-corrected chi connectivity index (χ0v) is 28.5. The van der Waals surface area contributed by atoms with Crippen LogP contribution in [0.2, 0.25) is 0 Å². The van der Waals surface area contributed by atoms with E-state index in [0.717, 1.165) is 64.1 Å². The van der Waals surface area contributed by atoms with Gasteiger partial charge in [-0.15, -0.1) is 0 Å². The Morgan fingerprint density at radius 2 is 1.68 bits per heavy atom. The van der Waals surface area contributed by atoms with Gasteiger partial charge in [-0.25, -0.2) is 4.72 Å². The van der Waals surface area contributed by atoms with Gasteiger partial charge in [0, 0.05) is 62.3 Å². The number of methoxy groups -OCH3 is 1. The molecule has 1 aromatic heterocycles. The summed E-state index contributed by atoms with van der Waals surface area (Å²) in [5, 5.41) is 0.983. The van der Waals surface area contributed by atoms with Gasteiger partial charge in [0.25, 0.3) is 11.8 Å². The number of likely N-dealkylation sites (N-methyl/N-ethyl adjacent to an activating group) is 1. The van der Waals surface area contributed by atoms with E-state index < -0.39 is 22.2 Å². The number of nitrogens with zero attached hydrogens (tertiary/aromatic N) is 4. The molecule has 3 amide bonds. The van der Waals surface area contributed by atoms with E-state index in [9.17, 15) is 22.8 Å². The molecule has 3 heterocycles. The lowest BCUT2D eigenvalue weighted by atomic mass is 9.81. The van der Waals surface area contributed by atoms with Gasteiger partial charge in [0.2, 0.25) is 5.91 Å². The highest BCUT2D eigenvalue weighted by molar-refractivity contribution is 7.87. The largest absolute Gasteiger partial charge is 0.497 e. The van der Waals surface area contributed by atoms with Crippen LogP contribution in [0.3, 0.4) is 0 Å². The van der Waals surface area contributed by atoms with Gasteiger partial charge in [0.1, 0.15) is 11.8 Å². The van der Waals surface area contributed by atoms with Gasteiger partial charge < -0.3 is 19.1 Å². The lowest BCUT2D eigenvalue weighted by Gasteiger charge is -2.27. The quantitative estimate of drug-likeness (QED) is 0.402. The number of ether oxygens (including phenoxy) is 1. The number of carbonyl (C=O) groups is 3. The Morgan fingerprint density at radius 3 is 2.36 bits per heavy atom. The van der Waals surface area contributed by atoms with Crippen molar-refractivity contribution in [1.29, 1.82) is 0 Å². The summed E-state index contributed by atoms with van der Waals surface area (Å²) in [5.41, 5.74) is 5.44. The number of carbonyl (C=O) groups excluding carboxylic acids is 3. The Hall–Kier alpha value is -4.16. The molecule has 1 atom stereocenters. The minimum absolute atomic E-state index is 0.0952. The van der Waals surface area contributed by atoms with E-state index in [0.29, 0.717) is 24.3 Å². The zero-order chi connectivity index (χ0) is 33.6. The molecule has 1 saturated heterocycles. The third-order valence-corrected chi connectivity index (χ3v) is 11.2. The molecule has 2 aliphatic heterocycles. The van der Waals surface area contributed by atoms with Gasteiger partial charge >= 0.3 is 10.2 Å². The van der Waals surface area contributed by atoms with Gasteiger partial charge in [-0.3, -0.25) is 14.4 Å². The van der Waals surface area contributed by atoms with Crippen LogP contribution in [0.5, 0.6) is 5.75 Å². The minimum atomic E-state index is -4.00. The molecule has 47 heavy (non-hydrogen) atoms. The van der Waals surface area contributed by atoms with E-state index in [4.69, 9.17) is 4.74 Å². The lowest BCUT2D eigenvalue weighted by Crippen LogP contribution is -2.46. The molecule has 1 N–H and O–H groups in total. The highest BCUT2D eigenvalue weighted by atomic mass is 32.2. The van der Waals surface area contributed by atoms with Crippen LogP contribution in [0.15, 0.2) is 42.0 Å². The summed E-state index contributed by atoms with van der Waals surface area (Å²) in [5.74, 6) is -0.0794. The maximum Gasteiger partial charge on any atom is 0.303 e. The molecule has 0 unspecified atom stereocenters. The number of rotatable bonds is 7. The van der Waals surface area contributed by atoms with Crippen molar-refractivity contribution in [3.05, 3.63) is 58.7 Å². The van der Waals surface area contributed by atoms with E-state index in [1.54, 1.807) is 38.2 Å². The number of nitrogens with one attached hydrogen (secondary N) is 1. The van der Waals surface area contributed by atoms with Gasteiger partial charge in [-0.05, 0) is 79.1 Å². The Labute approximate surface area is 276 Å². The van der Waals surface area contributed by atoms with Crippen LogP contribution in [-0.2, 0) is 26.3 Å². The van der Waals surface area contributed by atoms with Crippen LogP contribution >= 0.6 is 0 Å². The number of fused-ring (bicyclic) bond motifs is 5. The maximum absolute atomic E-state index is 14.4. The summed E-state index contributed by atoms with van der Waals surface area (Å²) >= 11 is 0. The van der Waals surface area contributed by atoms with Crippen molar-refractivity contribution in [3.8, 4) is 17.0 Å². The average Bonchev–Trinajstić information content (AvgIpc) is 3.62. The van der Waals surface area contributed by atoms with E-state index in [1.807, 2.05) is 30.3 Å². The van der Waals surface area contributed by atoms with Crippen molar-refractivity contribution in [1.82, 2.24) is 23.4 Å². The summed E-state index contributed by atoms with van der Waals surface area (Å²) in [7, 11) is 3.74. The topological polar surface area (TPSA) is 121 Å². The van der Waals surface area contributed by atoms with Crippen molar-refractivity contribution in [2.75, 3.05) is 41.8 Å². The highest BCUT2D eigenvalue weighted by Gasteiger charge is 2.38. The van der Waals surface area contributed by atoms with Crippen LogP contribution in [0, 0.1) is 0 Å². The van der Waals surface area contributed by atoms with Crippen molar-refractivity contribution < 1.29 is 27.5 Å². The first-order chi connectivity index (χ1) is 22.4. The van der Waals surface area contributed by atoms with E-state index in [1.165, 1.54) is 31.0 Å². The summed E-state index contributed by atoms with van der Waals surface area (Å²) in [4.78, 5) is 44.0. The number of hydrogen-bond acceptors (Lipinski definition) is 6. The van der Waals surface area contributed by atoms with Crippen molar-refractivity contribution in [3.63, 3.8) is 0 Å². The summed E-state index contributed by atoms with van der Waals surface area (Å²) in [6.07, 6.45) is 8.75. The monoisotopic (exact) mass is 661 g/mol. The molecule has 2 aromatic carbocycles. The first kappa shape index (κ1) is 32.8. The SMILES string of the molecule is COc1ccc2c(c1)C=C(C(=O)N1CCC[C@H]1C(=O)N(C)C)Cn1c-2c(C2CCCCC2)c2ccc(C(=O)NS(=O)(=O)N(C)C)cc21. The van der Waals surface area contributed by atoms with E-state index >= 15 is 0 Å². The summed E-state index contributed by atoms with van der Waals surface area (Å²) in [6.45, 7) is 0.706. The summed E-state index contributed by atoms with van der Waals surface area (Å²) in [6, 6.07) is 10.7. The second kappa shape index (κ2) is 12.8. The molecule has 0 radical (unpaired) electrons. The van der Waals surface area contributed by atoms with Crippen molar-refractivity contribution in [2.24, 2.45) is 0 Å². The fourth-order valence-corrected chi connectivity index (χ4v) is 7.86.